The van der Waals surface area contributed by atoms with Crippen LogP contribution < -0.4 is 5.32 Å². The number of aliphatic hydroxyl groups is 2. The average molecular weight is 322 g/mol. The van der Waals surface area contributed by atoms with Gasteiger partial charge in [-0.05, 0) is 18.6 Å². The predicted octanol–water partition coefficient (Wildman–Crippen LogP) is 0.967. The quantitative estimate of drug-likeness (QED) is 0.696. The zero-order valence-corrected chi connectivity index (χ0v) is 13.1. The summed E-state index contributed by atoms with van der Waals surface area (Å²) in [4.78, 5) is 0.151. The minimum absolute atomic E-state index is 0.150. The highest BCUT2D eigenvalue weighted by Crippen LogP contribution is 2.24. The Morgan fingerprint density at radius 2 is 1.90 bits per heavy atom. The fourth-order valence-corrected chi connectivity index (χ4v) is 3.10. The van der Waals surface area contributed by atoms with Gasteiger partial charge in [0.2, 0.25) is 0 Å². The maximum atomic E-state index is 11.8. The first-order chi connectivity index (χ1) is 9.29. The lowest BCUT2D eigenvalue weighted by Crippen LogP contribution is -2.50. The Labute approximate surface area is 124 Å². The molecule has 0 amide bonds. The van der Waals surface area contributed by atoms with E-state index in [2.05, 4.69) is 5.32 Å². The van der Waals surface area contributed by atoms with Crippen molar-refractivity contribution in [2.45, 2.75) is 30.3 Å². The number of halogens is 1. The van der Waals surface area contributed by atoms with Gasteiger partial charge in [-0.3, -0.25) is 0 Å². The first kappa shape index (κ1) is 17.4. The monoisotopic (exact) mass is 321 g/mol. The molecule has 1 aromatic rings. The van der Waals surface area contributed by atoms with E-state index >= 15 is 0 Å². The molecule has 0 aliphatic heterocycles. The van der Waals surface area contributed by atoms with E-state index in [1.165, 1.54) is 6.07 Å². The van der Waals surface area contributed by atoms with Crippen molar-refractivity contribution in [3.63, 3.8) is 0 Å². The molecule has 0 spiro atoms. The summed E-state index contributed by atoms with van der Waals surface area (Å²) in [6.45, 7) is 1.47. The molecule has 1 aromatic carbocycles. The second kappa shape index (κ2) is 6.87. The molecule has 0 saturated heterocycles. The minimum Gasteiger partial charge on any atom is -0.394 e. The number of nitrogens with one attached hydrogen (secondary N) is 1. The van der Waals surface area contributed by atoms with Crippen LogP contribution in [0.2, 0.25) is 5.02 Å². The lowest BCUT2D eigenvalue weighted by atomic mass is 9.98. The Balaban J connectivity index is 3.10. The summed E-state index contributed by atoms with van der Waals surface area (Å²) < 4.78 is 23.5. The third kappa shape index (κ3) is 3.93. The van der Waals surface area contributed by atoms with E-state index in [4.69, 9.17) is 11.6 Å². The van der Waals surface area contributed by atoms with Gasteiger partial charge >= 0.3 is 0 Å². The van der Waals surface area contributed by atoms with Crippen LogP contribution in [0.4, 0.5) is 0 Å². The summed E-state index contributed by atoms with van der Waals surface area (Å²) in [5.41, 5.74) is -0.412. The second-order valence-electron chi connectivity index (χ2n) is 4.79. The van der Waals surface area contributed by atoms with Gasteiger partial charge in [-0.2, -0.15) is 0 Å². The Bertz CT molecular complexity index is 547. The lowest BCUT2D eigenvalue weighted by molar-refractivity contribution is 0.0862. The van der Waals surface area contributed by atoms with Crippen molar-refractivity contribution in [1.82, 2.24) is 5.32 Å². The molecule has 20 heavy (non-hydrogen) atoms. The molecule has 0 bridgehead atoms. The van der Waals surface area contributed by atoms with Gasteiger partial charge in [-0.15, -0.1) is 0 Å². The summed E-state index contributed by atoms with van der Waals surface area (Å²) in [5, 5.41) is 22.1. The number of hydrogen-bond acceptors (Lipinski definition) is 5. The summed E-state index contributed by atoms with van der Waals surface area (Å²) in [5.74, 6) is 0. The maximum absolute atomic E-state index is 11.8. The molecule has 3 N–H and O–H groups in total. The van der Waals surface area contributed by atoms with Crippen LogP contribution in [-0.4, -0.2) is 43.6 Å². The maximum Gasteiger partial charge on any atom is 0.175 e. The normalized spacial score (nSPS) is 12.7. The van der Waals surface area contributed by atoms with E-state index in [1.54, 1.807) is 12.1 Å². The number of benzene rings is 1. The van der Waals surface area contributed by atoms with E-state index in [-0.39, 0.29) is 24.7 Å². The smallest absolute Gasteiger partial charge is 0.175 e. The molecule has 0 unspecified atom stereocenters. The first-order valence-electron chi connectivity index (χ1n) is 6.24. The highest BCUT2D eigenvalue weighted by molar-refractivity contribution is 7.90. The summed E-state index contributed by atoms with van der Waals surface area (Å²) >= 11 is 6.06. The van der Waals surface area contributed by atoms with Gasteiger partial charge in [-0.1, -0.05) is 24.6 Å². The lowest BCUT2D eigenvalue weighted by Gasteiger charge is -2.30. The average Bonchev–Trinajstić information content (AvgIpc) is 2.41. The molecular formula is C13H20ClNO4S. The molecule has 5 nitrogen and oxygen atoms in total. The van der Waals surface area contributed by atoms with Crippen LogP contribution in [0.5, 0.6) is 0 Å². The molecule has 0 aliphatic carbocycles. The van der Waals surface area contributed by atoms with Gasteiger partial charge < -0.3 is 15.5 Å². The van der Waals surface area contributed by atoms with Crippen LogP contribution >= 0.6 is 11.6 Å². The van der Waals surface area contributed by atoms with Crippen LogP contribution in [0.15, 0.2) is 23.1 Å². The fourth-order valence-electron chi connectivity index (χ4n) is 1.84. The van der Waals surface area contributed by atoms with E-state index < -0.39 is 15.4 Å². The van der Waals surface area contributed by atoms with Crippen molar-refractivity contribution < 1.29 is 18.6 Å². The number of sulfone groups is 1. The van der Waals surface area contributed by atoms with E-state index in [0.29, 0.717) is 17.0 Å². The van der Waals surface area contributed by atoms with Gasteiger partial charge in [0, 0.05) is 23.4 Å². The van der Waals surface area contributed by atoms with Gasteiger partial charge in [0.05, 0.1) is 23.6 Å². The standard InChI is InChI=1S/C13H20ClNO4S/c1-3-13(8-16,9-17)15-7-10-11(14)5-4-6-12(10)20(2,18)19/h4-6,15-17H,3,7-9H2,1-2H3. The molecule has 0 aliphatic rings. The van der Waals surface area contributed by atoms with Crippen LogP contribution in [0.1, 0.15) is 18.9 Å². The topological polar surface area (TPSA) is 86.6 Å². The van der Waals surface area contributed by atoms with E-state index in [1.807, 2.05) is 6.92 Å². The molecule has 0 aromatic heterocycles. The Kier molecular flexibility index (Phi) is 5.97. The molecule has 7 heteroatoms. The molecule has 0 radical (unpaired) electrons. The van der Waals surface area contributed by atoms with Crippen molar-refractivity contribution in [1.29, 1.82) is 0 Å². The molecule has 0 fully saturated rings. The van der Waals surface area contributed by atoms with E-state index in [9.17, 15) is 18.6 Å². The third-order valence-electron chi connectivity index (χ3n) is 3.40. The zero-order valence-electron chi connectivity index (χ0n) is 11.6. The van der Waals surface area contributed by atoms with Gasteiger partial charge in [0.1, 0.15) is 0 Å². The van der Waals surface area contributed by atoms with Crippen LogP contribution in [0, 0.1) is 0 Å². The minimum atomic E-state index is -3.39. The molecule has 114 valence electrons. The largest absolute Gasteiger partial charge is 0.394 e. The van der Waals surface area contributed by atoms with Gasteiger partial charge in [0.15, 0.2) is 9.84 Å². The highest BCUT2D eigenvalue weighted by atomic mass is 35.5. The summed E-state index contributed by atoms with van der Waals surface area (Å²) in [6.07, 6.45) is 1.62. The van der Waals surface area contributed by atoms with Crippen LogP contribution in [-0.2, 0) is 16.4 Å². The molecule has 0 atom stereocenters. The Morgan fingerprint density at radius 1 is 1.30 bits per heavy atom. The Hall–Kier alpha value is -0.660. The van der Waals surface area contributed by atoms with Crippen molar-refractivity contribution in [2.75, 3.05) is 19.5 Å². The van der Waals surface area contributed by atoms with Crippen LogP contribution in [0.3, 0.4) is 0 Å². The molecule has 1 rings (SSSR count). The SMILES string of the molecule is CCC(CO)(CO)NCc1c(Cl)cccc1S(C)(=O)=O. The first-order valence-corrected chi connectivity index (χ1v) is 8.51. The molecule has 0 saturated carbocycles. The summed E-state index contributed by atoms with van der Waals surface area (Å²) in [6, 6.07) is 4.68. The van der Waals surface area contributed by atoms with Gasteiger partial charge in [0.25, 0.3) is 0 Å². The van der Waals surface area contributed by atoms with E-state index in [0.717, 1.165) is 6.26 Å². The Morgan fingerprint density at radius 3 is 2.35 bits per heavy atom. The number of aliphatic hydroxyl groups excluding tert-OH is 2. The third-order valence-corrected chi connectivity index (χ3v) is 4.93. The number of rotatable bonds is 7. The second-order valence-corrected chi connectivity index (χ2v) is 7.18. The van der Waals surface area contributed by atoms with Crippen molar-refractivity contribution in [3.05, 3.63) is 28.8 Å². The zero-order chi connectivity index (χ0) is 15.4. The molecular weight excluding hydrogens is 302 g/mol. The van der Waals surface area contributed by atoms with Crippen molar-refractivity contribution in [3.8, 4) is 0 Å². The van der Waals surface area contributed by atoms with Crippen LogP contribution in [0.25, 0.3) is 0 Å². The highest BCUT2D eigenvalue weighted by Gasteiger charge is 2.27. The number of hydrogen-bond donors (Lipinski definition) is 3. The predicted molar refractivity (Wildman–Crippen MR) is 78.6 cm³/mol. The molecule has 0 heterocycles. The van der Waals surface area contributed by atoms with Crippen molar-refractivity contribution >= 4 is 21.4 Å². The fraction of sp³-hybridized carbons (Fsp3) is 0.538. The van der Waals surface area contributed by atoms with Crippen molar-refractivity contribution in [2.24, 2.45) is 0 Å². The summed E-state index contributed by atoms with van der Waals surface area (Å²) in [7, 11) is -3.39. The van der Waals surface area contributed by atoms with Gasteiger partial charge in [-0.25, -0.2) is 8.42 Å².